The molecule has 8 heteroatoms. The predicted octanol–water partition coefficient (Wildman–Crippen LogP) is 4.54. The van der Waals surface area contributed by atoms with Crippen LogP contribution in [0, 0.1) is 19.7 Å². The summed E-state index contributed by atoms with van der Waals surface area (Å²) in [5, 5.41) is 13.1. The second-order valence-corrected chi connectivity index (χ2v) is 6.42. The van der Waals surface area contributed by atoms with E-state index in [9.17, 15) is 9.18 Å². The van der Waals surface area contributed by atoms with Crippen molar-refractivity contribution in [2.75, 3.05) is 10.6 Å². The van der Waals surface area contributed by atoms with Crippen molar-refractivity contribution in [3.63, 3.8) is 0 Å². The third kappa shape index (κ3) is 5.15. The minimum atomic E-state index is -0.507. The van der Waals surface area contributed by atoms with E-state index in [1.807, 2.05) is 6.92 Å². The Kier molecular flexibility index (Phi) is 5.52. The van der Waals surface area contributed by atoms with Crippen LogP contribution < -0.4 is 10.6 Å². The number of benzene rings is 2. The molecule has 0 spiro atoms. The Morgan fingerprint density at radius 2 is 1.96 bits per heavy atom. The van der Waals surface area contributed by atoms with E-state index in [0.29, 0.717) is 22.1 Å². The van der Waals surface area contributed by atoms with Gasteiger partial charge in [0.1, 0.15) is 5.82 Å². The van der Waals surface area contributed by atoms with E-state index >= 15 is 0 Å². The molecule has 1 amide bonds. The summed E-state index contributed by atoms with van der Waals surface area (Å²) in [5.41, 5.74) is 2.34. The standard InChI is InChI=1S/C19H17ClFN5O/c1-11-6-15(21)10-16(7-11)22-19(23-17-8-12(2)25-26-17)24-18(27)13-4-3-5-14(20)9-13/h3-10H,1-2H3,(H3,22,23,24,25,26,27). The molecule has 0 bridgehead atoms. The first-order valence-corrected chi connectivity index (χ1v) is 8.49. The Morgan fingerprint density at radius 1 is 1.15 bits per heavy atom. The number of halogens is 2. The Balaban J connectivity index is 1.91. The molecule has 0 aliphatic rings. The SMILES string of the molecule is Cc1cc(F)cc(N/C(=N/C(=O)c2cccc(Cl)c2)Nc2cc(C)[nH]n2)c1. The number of hydrogen-bond donors (Lipinski definition) is 3. The van der Waals surface area contributed by atoms with Gasteiger partial charge in [-0.1, -0.05) is 17.7 Å². The number of nitrogens with zero attached hydrogens (tertiary/aromatic N) is 2. The average molecular weight is 386 g/mol. The van der Waals surface area contributed by atoms with Crippen LogP contribution in [0.25, 0.3) is 0 Å². The summed E-state index contributed by atoms with van der Waals surface area (Å²) in [6, 6.07) is 12.7. The van der Waals surface area contributed by atoms with Crippen molar-refractivity contribution in [2.24, 2.45) is 4.99 Å². The summed E-state index contributed by atoms with van der Waals surface area (Å²) < 4.78 is 13.7. The van der Waals surface area contributed by atoms with Crippen LogP contribution in [0.1, 0.15) is 21.6 Å². The lowest BCUT2D eigenvalue weighted by atomic mass is 10.2. The quantitative estimate of drug-likeness (QED) is 0.456. The Labute approximate surface area is 160 Å². The highest BCUT2D eigenvalue weighted by Gasteiger charge is 2.10. The van der Waals surface area contributed by atoms with Gasteiger partial charge in [-0.2, -0.15) is 10.1 Å². The van der Waals surface area contributed by atoms with Gasteiger partial charge in [0.2, 0.25) is 5.96 Å². The molecule has 6 nitrogen and oxygen atoms in total. The van der Waals surface area contributed by atoms with E-state index in [0.717, 1.165) is 11.3 Å². The third-order valence-electron chi connectivity index (χ3n) is 3.54. The van der Waals surface area contributed by atoms with Crippen LogP contribution in [0.5, 0.6) is 0 Å². The molecule has 138 valence electrons. The van der Waals surface area contributed by atoms with Crippen molar-refractivity contribution in [2.45, 2.75) is 13.8 Å². The fourth-order valence-electron chi connectivity index (χ4n) is 2.42. The largest absolute Gasteiger partial charge is 0.326 e. The van der Waals surface area contributed by atoms with Crippen molar-refractivity contribution in [1.82, 2.24) is 10.2 Å². The zero-order valence-corrected chi connectivity index (χ0v) is 15.4. The van der Waals surface area contributed by atoms with Gasteiger partial charge in [0.05, 0.1) is 0 Å². The minimum absolute atomic E-state index is 0.108. The van der Waals surface area contributed by atoms with Crippen molar-refractivity contribution < 1.29 is 9.18 Å². The van der Waals surface area contributed by atoms with Crippen LogP contribution in [-0.2, 0) is 0 Å². The predicted molar refractivity (Wildman–Crippen MR) is 105 cm³/mol. The highest BCUT2D eigenvalue weighted by atomic mass is 35.5. The summed E-state index contributed by atoms with van der Waals surface area (Å²) in [7, 11) is 0. The van der Waals surface area contributed by atoms with Crippen LogP contribution in [0.4, 0.5) is 15.9 Å². The number of anilines is 2. The van der Waals surface area contributed by atoms with Crippen LogP contribution in [0.15, 0.2) is 53.5 Å². The summed E-state index contributed by atoms with van der Waals surface area (Å²) in [4.78, 5) is 16.6. The van der Waals surface area contributed by atoms with Gasteiger partial charge >= 0.3 is 0 Å². The van der Waals surface area contributed by atoms with E-state index in [-0.39, 0.29) is 5.96 Å². The maximum atomic E-state index is 13.7. The zero-order chi connectivity index (χ0) is 19.4. The van der Waals surface area contributed by atoms with Crippen molar-refractivity contribution in [3.05, 3.63) is 76.2 Å². The van der Waals surface area contributed by atoms with Crippen molar-refractivity contribution >= 4 is 35.0 Å². The molecular formula is C19H17ClFN5O. The molecule has 0 unspecified atom stereocenters. The summed E-state index contributed by atoms with van der Waals surface area (Å²) >= 11 is 5.93. The topological polar surface area (TPSA) is 82.2 Å². The minimum Gasteiger partial charge on any atom is -0.326 e. The van der Waals surface area contributed by atoms with E-state index in [1.165, 1.54) is 18.2 Å². The number of hydrogen-bond acceptors (Lipinski definition) is 2. The van der Waals surface area contributed by atoms with Gasteiger partial charge in [-0.05, 0) is 55.8 Å². The lowest BCUT2D eigenvalue weighted by Crippen LogP contribution is -2.24. The van der Waals surface area contributed by atoms with Gasteiger partial charge in [0.15, 0.2) is 5.82 Å². The molecule has 2 aromatic carbocycles. The molecular weight excluding hydrogens is 369 g/mol. The van der Waals surface area contributed by atoms with E-state index < -0.39 is 11.7 Å². The fourth-order valence-corrected chi connectivity index (χ4v) is 2.61. The number of carbonyl (C=O) groups excluding carboxylic acids is 1. The van der Waals surface area contributed by atoms with Crippen LogP contribution >= 0.6 is 11.6 Å². The number of aliphatic imine (C=N–C) groups is 1. The molecule has 3 N–H and O–H groups in total. The van der Waals surface area contributed by atoms with Gasteiger partial charge < -0.3 is 10.6 Å². The lowest BCUT2D eigenvalue weighted by molar-refractivity contribution is 0.100. The normalized spacial score (nSPS) is 11.3. The summed E-state index contributed by atoms with van der Waals surface area (Å²) in [5.74, 6) is -0.330. The summed E-state index contributed by atoms with van der Waals surface area (Å²) in [6.45, 7) is 3.61. The Hall–Kier alpha value is -3.19. The number of aromatic nitrogens is 2. The Bertz CT molecular complexity index is 995. The first-order valence-electron chi connectivity index (χ1n) is 8.11. The highest BCUT2D eigenvalue weighted by molar-refractivity contribution is 6.31. The monoisotopic (exact) mass is 385 g/mol. The van der Waals surface area contributed by atoms with E-state index in [1.54, 1.807) is 37.3 Å². The molecule has 0 saturated heterocycles. The lowest BCUT2D eigenvalue weighted by Gasteiger charge is -2.11. The van der Waals surface area contributed by atoms with Crippen molar-refractivity contribution in [3.8, 4) is 0 Å². The first-order chi connectivity index (χ1) is 12.9. The number of rotatable bonds is 3. The van der Waals surface area contributed by atoms with E-state index in [2.05, 4.69) is 25.8 Å². The molecule has 3 rings (SSSR count). The average Bonchev–Trinajstić information content (AvgIpc) is 2.98. The van der Waals surface area contributed by atoms with Gasteiger partial charge in [-0.15, -0.1) is 0 Å². The van der Waals surface area contributed by atoms with Gasteiger partial charge in [0.25, 0.3) is 5.91 Å². The maximum Gasteiger partial charge on any atom is 0.280 e. The summed E-state index contributed by atoms with van der Waals surface area (Å²) in [6.07, 6.45) is 0. The van der Waals surface area contributed by atoms with Gasteiger partial charge in [-0.3, -0.25) is 9.89 Å². The molecule has 0 aliphatic heterocycles. The second kappa shape index (κ2) is 8.01. The third-order valence-corrected chi connectivity index (χ3v) is 3.78. The fraction of sp³-hybridized carbons (Fsp3) is 0.105. The number of guanidine groups is 1. The maximum absolute atomic E-state index is 13.7. The molecule has 0 aliphatic carbocycles. The molecule has 0 fully saturated rings. The number of amides is 1. The van der Waals surface area contributed by atoms with Gasteiger partial charge in [-0.25, -0.2) is 4.39 Å². The molecule has 3 aromatic rings. The van der Waals surface area contributed by atoms with Crippen LogP contribution in [0.2, 0.25) is 5.02 Å². The van der Waals surface area contributed by atoms with E-state index in [4.69, 9.17) is 11.6 Å². The molecule has 1 aromatic heterocycles. The Morgan fingerprint density at radius 3 is 2.63 bits per heavy atom. The number of aromatic amines is 1. The molecule has 0 atom stereocenters. The smallest absolute Gasteiger partial charge is 0.280 e. The molecule has 0 saturated carbocycles. The number of aryl methyl sites for hydroxylation is 2. The second-order valence-electron chi connectivity index (χ2n) is 5.98. The van der Waals surface area contributed by atoms with Crippen LogP contribution in [0.3, 0.4) is 0 Å². The van der Waals surface area contributed by atoms with Crippen molar-refractivity contribution in [1.29, 1.82) is 0 Å². The number of H-pyrrole nitrogens is 1. The first kappa shape index (κ1) is 18.6. The zero-order valence-electron chi connectivity index (χ0n) is 14.7. The molecule has 27 heavy (non-hydrogen) atoms. The van der Waals surface area contributed by atoms with Crippen LogP contribution in [-0.4, -0.2) is 22.1 Å². The van der Waals surface area contributed by atoms with Gasteiger partial charge in [0, 0.05) is 28.0 Å². The molecule has 1 heterocycles. The number of carbonyl (C=O) groups is 1. The highest BCUT2D eigenvalue weighted by Crippen LogP contribution is 2.15. The number of nitrogens with one attached hydrogen (secondary N) is 3. The molecule has 0 radical (unpaired) electrons.